The fourth-order valence-corrected chi connectivity index (χ4v) is 2.95. The summed E-state index contributed by atoms with van der Waals surface area (Å²) >= 11 is 3.89. The van der Waals surface area contributed by atoms with E-state index in [1.807, 2.05) is 27.7 Å². The van der Waals surface area contributed by atoms with E-state index < -0.39 is 42.0 Å². The van der Waals surface area contributed by atoms with Crippen LogP contribution < -0.4 is 10.8 Å². The molecule has 0 aliphatic carbocycles. The molecule has 12 heteroatoms. The fourth-order valence-electron chi connectivity index (χ4n) is 2.95. The number of nitrogens with one attached hydrogen (secondary N) is 1. The first-order valence-electron chi connectivity index (χ1n) is 10.1. The van der Waals surface area contributed by atoms with Gasteiger partial charge < -0.3 is 29.2 Å². The van der Waals surface area contributed by atoms with Crippen molar-refractivity contribution in [3.63, 3.8) is 0 Å². The van der Waals surface area contributed by atoms with Crippen LogP contribution in [0.15, 0.2) is 18.2 Å². The molecule has 8 nitrogen and oxygen atoms in total. The molecule has 1 saturated heterocycles. The predicted octanol–water partition coefficient (Wildman–Crippen LogP) is 2.89. The number of phenols is 1. The van der Waals surface area contributed by atoms with E-state index in [2.05, 4.69) is 25.1 Å². The maximum Gasteiger partial charge on any atom is 0.494 e. The summed E-state index contributed by atoms with van der Waals surface area (Å²) < 4.78 is 22.1. The molecule has 1 aliphatic rings. The molecule has 1 amide bonds. The summed E-state index contributed by atoms with van der Waals surface area (Å²) in [6, 6.07) is 3.86. The molecule has 33 heavy (non-hydrogen) atoms. The topological polar surface area (TPSA) is 103 Å². The first kappa shape index (κ1) is 32.0. The Hall–Kier alpha value is -1.02. The number of benzene rings is 1. The van der Waals surface area contributed by atoms with Crippen LogP contribution in [-0.2, 0) is 63.5 Å². The van der Waals surface area contributed by atoms with Crippen LogP contribution in [0, 0.1) is 0 Å². The third kappa shape index (κ3) is 9.27. The molecule has 1 fully saturated rings. The maximum atomic E-state index is 12.2. The minimum absolute atomic E-state index is 0. The molecule has 0 saturated carbocycles. The molecule has 1 aliphatic heterocycles. The second-order valence-electron chi connectivity index (χ2n) is 9.45. The van der Waals surface area contributed by atoms with E-state index in [-0.39, 0.29) is 33.9 Å². The van der Waals surface area contributed by atoms with Crippen molar-refractivity contribution in [1.29, 1.82) is 0 Å². The van der Waals surface area contributed by atoms with Crippen molar-refractivity contribution in [2.24, 2.45) is 0 Å². The first-order chi connectivity index (χ1) is 14.6. The average molecular weight is 533 g/mol. The van der Waals surface area contributed by atoms with E-state index in [0.29, 0.717) is 11.0 Å². The molecule has 0 radical (unpaired) electrons. The Morgan fingerprint density at radius 3 is 2.12 bits per heavy atom. The van der Waals surface area contributed by atoms with E-state index in [1.165, 1.54) is 13.2 Å². The number of rotatable bonds is 5. The van der Waals surface area contributed by atoms with Crippen molar-refractivity contribution in [2.75, 3.05) is 7.11 Å². The van der Waals surface area contributed by atoms with Gasteiger partial charge in [0.25, 0.3) is 0 Å². The Balaban J connectivity index is 0.00000332. The number of carbonyl (C=O) groups is 2. The number of hydrogen-bond donors (Lipinski definition) is 2. The number of phenolic OH excluding ortho intramolecular Hbond substituents is 1. The van der Waals surface area contributed by atoms with Crippen LogP contribution in [0.3, 0.4) is 0 Å². The largest absolute Gasteiger partial charge is 0.508 e. The molecule has 2 N–H and O–H groups in total. The molecular formula is C21H33BNO7PSTi. The van der Waals surface area contributed by atoms with Gasteiger partial charge in [-0.3, -0.25) is 0 Å². The second kappa shape index (κ2) is 12.6. The number of ether oxygens (including phenoxy) is 2. The van der Waals surface area contributed by atoms with Crippen molar-refractivity contribution in [2.45, 2.75) is 77.7 Å². The minimum Gasteiger partial charge on any atom is -0.508 e. The molecule has 0 unspecified atom stereocenters. The molecule has 2 rings (SSSR count). The van der Waals surface area contributed by atoms with E-state index in [1.54, 1.807) is 32.9 Å². The Kier molecular flexibility index (Phi) is 12.2. The zero-order valence-corrected chi connectivity index (χ0v) is 23.8. The summed E-state index contributed by atoms with van der Waals surface area (Å²) in [6.07, 6.45) is -0.642. The molecule has 182 valence electrons. The number of carbonyl (C=O) groups excluding carboxylic acids is 2. The Morgan fingerprint density at radius 1 is 1.15 bits per heavy atom. The van der Waals surface area contributed by atoms with Crippen molar-refractivity contribution in [1.82, 2.24) is 5.32 Å². The zero-order chi connectivity index (χ0) is 24.9. The van der Waals surface area contributed by atoms with Gasteiger partial charge in [-0.25, -0.2) is 9.59 Å². The number of aromatic hydroxyl groups is 1. The van der Waals surface area contributed by atoms with Crippen molar-refractivity contribution in [3.05, 3.63) is 23.8 Å². The van der Waals surface area contributed by atoms with Crippen molar-refractivity contribution >= 4 is 44.5 Å². The normalized spacial score (nSPS) is 17.0. The number of esters is 1. The first-order valence-corrected chi connectivity index (χ1v) is 11.7. The molecule has 1 aromatic carbocycles. The summed E-state index contributed by atoms with van der Waals surface area (Å²) in [7, 11) is 3.13. The monoisotopic (exact) mass is 533 g/mol. The van der Waals surface area contributed by atoms with E-state index in [0.717, 1.165) is 0 Å². The van der Waals surface area contributed by atoms with Gasteiger partial charge in [0.05, 0.1) is 18.3 Å². The number of amides is 1. The van der Waals surface area contributed by atoms with Crippen LogP contribution in [0.4, 0.5) is 4.79 Å². The van der Waals surface area contributed by atoms with Gasteiger partial charge in [-0.15, -0.1) is 0 Å². The minimum atomic E-state index is -0.988. The van der Waals surface area contributed by atoms with Gasteiger partial charge in [0.1, 0.15) is 17.4 Å². The quantitative estimate of drug-likeness (QED) is 0.339. The van der Waals surface area contributed by atoms with Gasteiger partial charge in [0, 0.05) is 28.1 Å². The molecular weight excluding hydrogens is 500 g/mol. The summed E-state index contributed by atoms with van der Waals surface area (Å²) in [5, 5.41) is 12.7. The molecule has 0 spiro atoms. The van der Waals surface area contributed by atoms with Gasteiger partial charge in [-0.1, -0.05) is 17.9 Å². The van der Waals surface area contributed by atoms with Crippen molar-refractivity contribution < 1.29 is 55.2 Å². The van der Waals surface area contributed by atoms with Crippen LogP contribution in [0.5, 0.6) is 5.75 Å². The second-order valence-corrected chi connectivity index (χ2v) is 9.45. The van der Waals surface area contributed by atoms with Gasteiger partial charge >= 0.3 is 19.2 Å². The molecule has 1 aromatic rings. The summed E-state index contributed by atoms with van der Waals surface area (Å²) in [6.45, 7) is 12.9. The number of methoxy groups -OCH3 is 1. The van der Waals surface area contributed by atoms with Crippen LogP contribution in [0.1, 0.15) is 54.0 Å². The van der Waals surface area contributed by atoms with E-state index >= 15 is 0 Å². The van der Waals surface area contributed by atoms with Gasteiger partial charge in [-0.2, -0.15) is 0 Å². The molecule has 0 aromatic heterocycles. The van der Waals surface area contributed by atoms with Gasteiger partial charge in [0.15, 0.2) is 0 Å². The smallest absolute Gasteiger partial charge is 0.494 e. The van der Waals surface area contributed by atoms with E-state index in [4.69, 9.17) is 18.8 Å². The number of hydrogen-bond acceptors (Lipinski definition) is 8. The third-order valence-electron chi connectivity index (χ3n) is 5.14. The predicted molar refractivity (Wildman–Crippen MR) is 128 cm³/mol. The zero-order valence-electron chi connectivity index (χ0n) is 20.4. The summed E-state index contributed by atoms with van der Waals surface area (Å²) in [5.74, 6) is -0.625. The Bertz CT molecular complexity index is 819. The van der Waals surface area contributed by atoms with Crippen LogP contribution >= 0.6 is 8.02 Å². The maximum absolute atomic E-state index is 12.2. The average Bonchev–Trinajstić information content (AvgIpc) is 2.87. The summed E-state index contributed by atoms with van der Waals surface area (Å²) in [5.41, 5.74) is -0.554. The van der Waals surface area contributed by atoms with Crippen molar-refractivity contribution in [3.8, 4) is 5.75 Å². The molecule has 1 atom stereocenters. The van der Waals surface area contributed by atoms with Gasteiger partial charge in [-0.05, 0) is 79.6 Å². The fraction of sp³-hybridized carbons (Fsp3) is 0.619. The third-order valence-corrected chi connectivity index (χ3v) is 5.14. The standard InChI is InChI=1S/C21H32BNO7.HPS.Ti/c1-19(2,3)28-18(26)23-16(17(25)27-8)11-13-9-14(12-15(24)10-13)22-29-20(4,5)21(6,7)30-22;1-2;/h9-10,12,16,24H,11H2,1-8H3,(H,23,26);1H;/t16-;;/m0../s1. The van der Waals surface area contributed by atoms with Crippen LogP contribution in [0.2, 0.25) is 0 Å². The summed E-state index contributed by atoms with van der Waals surface area (Å²) in [4.78, 5) is 24.3. The Morgan fingerprint density at radius 2 is 1.67 bits per heavy atom. The molecule has 1 heterocycles. The van der Waals surface area contributed by atoms with Gasteiger partial charge in [0.2, 0.25) is 0 Å². The van der Waals surface area contributed by atoms with Crippen LogP contribution in [0.25, 0.3) is 0 Å². The Labute approximate surface area is 218 Å². The molecule has 0 bridgehead atoms. The van der Waals surface area contributed by atoms with E-state index in [9.17, 15) is 14.7 Å². The SMILES string of the molecule is COC(=O)[C@H](Cc1cc(O)cc(B2OC(C)(C)C(C)(C)O2)c1)NC(=O)OC(C)(C)C.P=S.[Ti]. The number of alkyl carbamates (subject to hydrolysis) is 1. The van der Waals surface area contributed by atoms with Crippen LogP contribution in [-0.4, -0.2) is 54.2 Å².